The Labute approximate surface area is 205 Å². The number of carbonyl (C=O) groups is 1. The number of ether oxygens (including phenoxy) is 1. The largest absolute Gasteiger partial charge is 0.468 e. The van der Waals surface area contributed by atoms with Gasteiger partial charge in [-0.15, -0.1) is 0 Å². The Morgan fingerprint density at radius 3 is 2.64 bits per heavy atom. The van der Waals surface area contributed by atoms with E-state index >= 15 is 0 Å². The van der Waals surface area contributed by atoms with Gasteiger partial charge in [0.25, 0.3) is 5.91 Å². The van der Waals surface area contributed by atoms with Crippen molar-refractivity contribution in [2.45, 2.75) is 19.0 Å². The maximum atomic E-state index is 12.3. The topological polar surface area (TPSA) is 102 Å². The Morgan fingerprint density at radius 1 is 1.08 bits per heavy atom. The molecular formula is C25H23F3N6O2. The fourth-order valence-electron chi connectivity index (χ4n) is 3.68. The molecule has 186 valence electrons. The van der Waals surface area contributed by atoms with Crippen molar-refractivity contribution >= 4 is 22.6 Å². The number of para-hydroxylation sites is 1. The predicted molar refractivity (Wildman–Crippen MR) is 129 cm³/mol. The van der Waals surface area contributed by atoms with E-state index in [0.29, 0.717) is 29.2 Å². The molecule has 1 atom stereocenters. The molecule has 0 radical (unpaired) electrons. The molecule has 0 aliphatic carbocycles. The van der Waals surface area contributed by atoms with Gasteiger partial charge in [-0.05, 0) is 17.7 Å². The molecule has 8 nitrogen and oxygen atoms in total. The molecule has 11 heteroatoms. The molecule has 0 unspecified atom stereocenters. The number of benzene rings is 1. The van der Waals surface area contributed by atoms with Gasteiger partial charge in [-0.3, -0.25) is 9.78 Å². The highest BCUT2D eigenvalue weighted by Crippen LogP contribution is 2.27. The summed E-state index contributed by atoms with van der Waals surface area (Å²) in [4.78, 5) is 29.1. The Morgan fingerprint density at radius 2 is 1.92 bits per heavy atom. The lowest BCUT2D eigenvalue weighted by Crippen LogP contribution is -2.19. The minimum Gasteiger partial charge on any atom is -0.468 e. The summed E-state index contributed by atoms with van der Waals surface area (Å²) < 4.78 is 41.6. The molecule has 0 aliphatic heterocycles. The Kier molecular flexibility index (Phi) is 7.28. The van der Waals surface area contributed by atoms with Gasteiger partial charge in [-0.1, -0.05) is 25.1 Å². The maximum absolute atomic E-state index is 12.3. The first kappa shape index (κ1) is 24.8. The lowest BCUT2D eigenvalue weighted by atomic mass is 9.96. The minimum atomic E-state index is -4.43. The molecule has 0 saturated carbocycles. The van der Waals surface area contributed by atoms with Crippen molar-refractivity contribution in [2.24, 2.45) is 0 Å². The van der Waals surface area contributed by atoms with Gasteiger partial charge < -0.3 is 15.4 Å². The van der Waals surface area contributed by atoms with E-state index in [0.717, 1.165) is 16.5 Å². The molecule has 1 aromatic carbocycles. The summed E-state index contributed by atoms with van der Waals surface area (Å²) in [6, 6.07) is 12.1. The van der Waals surface area contributed by atoms with Crippen LogP contribution in [0.2, 0.25) is 0 Å². The van der Waals surface area contributed by atoms with Crippen LogP contribution in [-0.4, -0.2) is 52.2 Å². The number of hydrogen-bond donors (Lipinski definition) is 2. The molecule has 2 N–H and O–H groups in total. The second-order valence-corrected chi connectivity index (χ2v) is 8.04. The first-order valence-electron chi connectivity index (χ1n) is 11.1. The number of aromatic nitrogens is 4. The highest BCUT2D eigenvalue weighted by molar-refractivity contribution is 6.06. The zero-order valence-corrected chi connectivity index (χ0v) is 19.5. The minimum absolute atomic E-state index is 0.0336. The predicted octanol–water partition coefficient (Wildman–Crippen LogP) is 4.60. The van der Waals surface area contributed by atoms with Crippen LogP contribution < -0.4 is 15.4 Å². The fourth-order valence-corrected chi connectivity index (χ4v) is 3.68. The zero-order chi connectivity index (χ0) is 25.7. The second kappa shape index (κ2) is 10.5. The van der Waals surface area contributed by atoms with Crippen LogP contribution in [0.1, 0.15) is 28.8 Å². The number of nitrogens with one attached hydrogen (secondary N) is 2. The van der Waals surface area contributed by atoms with Crippen molar-refractivity contribution in [3.8, 4) is 17.1 Å². The molecule has 0 fully saturated rings. The first-order valence-corrected chi connectivity index (χ1v) is 11.1. The SMILES string of the molecule is CNC(=O)c1ccnc2c([C@H](C)CNc3cc(-c4ccc(OCC(F)(F)F)nc4)ncn3)cccc12. The number of carbonyl (C=O) groups excluding carboxylic acids is 1. The first-order chi connectivity index (χ1) is 17.2. The van der Waals surface area contributed by atoms with E-state index in [9.17, 15) is 18.0 Å². The molecule has 3 aromatic heterocycles. The lowest BCUT2D eigenvalue weighted by molar-refractivity contribution is -0.154. The Bertz CT molecular complexity index is 1360. The van der Waals surface area contributed by atoms with Gasteiger partial charge in [0.05, 0.1) is 16.8 Å². The van der Waals surface area contributed by atoms with Gasteiger partial charge in [0.2, 0.25) is 5.88 Å². The third kappa shape index (κ3) is 5.85. The second-order valence-electron chi connectivity index (χ2n) is 8.04. The van der Waals surface area contributed by atoms with Crippen LogP contribution in [-0.2, 0) is 0 Å². The number of hydrogen-bond acceptors (Lipinski definition) is 7. The van der Waals surface area contributed by atoms with E-state index in [1.165, 1.54) is 18.6 Å². The highest BCUT2D eigenvalue weighted by Gasteiger charge is 2.28. The number of fused-ring (bicyclic) bond motifs is 1. The van der Waals surface area contributed by atoms with Crippen LogP contribution in [0, 0.1) is 0 Å². The van der Waals surface area contributed by atoms with Crippen LogP contribution in [0.15, 0.2) is 61.2 Å². The van der Waals surface area contributed by atoms with E-state index in [1.807, 2.05) is 25.1 Å². The number of halogens is 3. The number of rotatable bonds is 8. The van der Waals surface area contributed by atoms with Gasteiger partial charge in [-0.25, -0.2) is 15.0 Å². The van der Waals surface area contributed by atoms with Gasteiger partial charge >= 0.3 is 6.18 Å². The number of nitrogens with zero attached hydrogens (tertiary/aromatic N) is 4. The lowest BCUT2D eigenvalue weighted by Gasteiger charge is -2.16. The molecule has 3 heterocycles. The quantitative estimate of drug-likeness (QED) is 0.368. The average Bonchev–Trinajstić information content (AvgIpc) is 2.89. The summed E-state index contributed by atoms with van der Waals surface area (Å²) in [7, 11) is 1.59. The number of anilines is 1. The Balaban J connectivity index is 1.46. The van der Waals surface area contributed by atoms with E-state index in [-0.39, 0.29) is 17.7 Å². The van der Waals surface area contributed by atoms with Crippen molar-refractivity contribution in [1.29, 1.82) is 0 Å². The molecule has 4 aromatic rings. The zero-order valence-electron chi connectivity index (χ0n) is 19.5. The summed E-state index contributed by atoms with van der Waals surface area (Å²) in [5, 5.41) is 6.72. The summed E-state index contributed by atoms with van der Waals surface area (Å²) in [6.45, 7) is 1.17. The van der Waals surface area contributed by atoms with Crippen molar-refractivity contribution < 1.29 is 22.7 Å². The maximum Gasteiger partial charge on any atom is 0.422 e. The third-order valence-corrected chi connectivity index (χ3v) is 5.48. The molecular weight excluding hydrogens is 473 g/mol. The van der Waals surface area contributed by atoms with Crippen molar-refractivity contribution in [3.05, 3.63) is 72.3 Å². The standard InChI is InChI=1S/C25H23F3N6O2/c1-15(17-4-3-5-18-19(24(35)29-2)8-9-30-23(17)18)11-31-21-10-20(33-14-34-21)16-6-7-22(32-12-16)36-13-25(26,27)28/h3-10,12,14-15H,11,13H2,1-2H3,(H,29,35)(H,31,33,34)/t15-/m1/s1. The molecule has 0 bridgehead atoms. The van der Waals surface area contributed by atoms with Crippen LogP contribution in [0.3, 0.4) is 0 Å². The molecule has 1 amide bonds. The monoisotopic (exact) mass is 496 g/mol. The van der Waals surface area contributed by atoms with E-state index < -0.39 is 12.8 Å². The van der Waals surface area contributed by atoms with Crippen LogP contribution in [0.5, 0.6) is 5.88 Å². The van der Waals surface area contributed by atoms with E-state index in [1.54, 1.807) is 31.4 Å². The van der Waals surface area contributed by atoms with Crippen LogP contribution in [0.25, 0.3) is 22.2 Å². The van der Waals surface area contributed by atoms with Crippen LogP contribution >= 0.6 is 0 Å². The number of alkyl halides is 3. The molecule has 0 aliphatic rings. The van der Waals surface area contributed by atoms with Gasteiger partial charge in [-0.2, -0.15) is 13.2 Å². The highest BCUT2D eigenvalue weighted by atomic mass is 19.4. The van der Waals surface area contributed by atoms with Crippen molar-refractivity contribution in [3.63, 3.8) is 0 Å². The summed E-state index contributed by atoms with van der Waals surface area (Å²) in [5.41, 5.74) is 3.46. The molecule has 0 spiro atoms. The van der Waals surface area contributed by atoms with Gasteiger partial charge in [0, 0.05) is 55.0 Å². The summed E-state index contributed by atoms with van der Waals surface area (Å²) >= 11 is 0. The summed E-state index contributed by atoms with van der Waals surface area (Å²) in [5.74, 6) is 0.309. The van der Waals surface area contributed by atoms with Crippen molar-refractivity contribution in [2.75, 3.05) is 25.5 Å². The van der Waals surface area contributed by atoms with E-state index in [4.69, 9.17) is 0 Å². The number of amides is 1. The van der Waals surface area contributed by atoms with Crippen LogP contribution in [0.4, 0.5) is 19.0 Å². The molecule has 4 rings (SSSR count). The van der Waals surface area contributed by atoms with Gasteiger partial charge in [0.15, 0.2) is 6.61 Å². The molecule has 36 heavy (non-hydrogen) atoms. The van der Waals surface area contributed by atoms with E-state index in [2.05, 4.69) is 35.3 Å². The molecule has 0 saturated heterocycles. The van der Waals surface area contributed by atoms with Crippen molar-refractivity contribution in [1.82, 2.24) is 25.3 Å². The average molecular weight is 496 g/mol. The number of pyridine rings is 2. The van der Waals surface area contributed by atoms with Gasteiger partial charge in [0.1, 0.15) is 12.1 Å². The fraction of sp³-hybridized carbons (Fsp3) is 0.240. The third-order valence-electron chi connectivity index (χ3n) is 5.48. The normalized spacial score (nSPS) is 12.2. The Hall–Kier alpha value is -4.28. The smallest absolute Gasteiger partial charge is 0.422 e. The summed E-state index contributed by atoms with van der Waals surface area (Å²) in [6.07, 6.45) is -0.0161.